The van der Waals surface area contributed by atoms with E-state index in [0.717, 1.165) is 11.4 Å². The first-order chi connectivity index (χ1) is 6.73. The summed E-state index contributed by atoms with van der Waals surface area (Å²) in [4.78, 5) is 12.8. The maximum atomic E-state index is 10.6. The smallest absolute Gasteiger partial charge is 0.475 e. The van der Waals surface area contributed by atoms with E-state index in [-0.39, 0.29) is 0 Å². The molecule has 4 nitrogen and oxygen atoms in total. The topological polar surface area (TPSA) is 76.2 Å². The molecule has 15 heavy (non-hydrogen) atoms. The van der Waals surface area contributed by atoms with E-state index >= 15 is 0 Å². The van der Waals surface area contributed by atoms with Gasteiger partial charge in [0, 0.05) is 5.69 Å². The summed E-state index contributed by atoms with van der Waals surface area (Å²) in [6.45, 7) is 1.93. The third kappa shape index (κ3) is 6.30. The Hall–Kier alpha value is -1.79. The second-order valence-electron chi connectivity index (χ2n) is 2.54. The van der Waals surface area contributed by atoms with E-state index in [0.29, 0.717) is 0 Å². The minimum atomic E-state index is -5.08. The van der Waals surface area contributed by atoms with Crippen molar-refractivity contribution in [3.63, 3.8) is 0 Å². The van der Waals surface area contributed by atoms with Crippen molar-refractivity contribution >= 4 is 11.7 Å². The zero-order chi connectivity index (χ0) is 12.1. The zero-order valence-corrected chi connectivity index (χ0v) is 7.75. The molecule has 1 rings (SSSR count). The van der Waals surface area contributed by atoms with Crippen molar-refractivity contribution in [1.82, 2.24) is 4.98 Å². The summed E-state index contributed by atoms with van der Waals surface area (Å²) >= 11 is 0. The summed E-state index contributed by atoms with van der Waals surface area (Å²) in [6, 6.07) is 3.72. The van der Waals surface area contributed by atoms with Crippen LogP contribution >= 0.6 is 0 Å². The first-order valence-electron chi connectivity index (χ1n) is 3.71. The highest BCUT2D eigenvalue weighted by Gasteiger charge is 2.38. The quantitative estimate of drug-likeness (QED) is 0.699. The number of nitrogens with zero attached hydrogens (tertiary/aromatic N) is 1. The molecule has 0 aromatic carbocycles. The van der Waals surface area contributed by atoms with Gasteiger partial charge in [-0.3, -0.25) is 4.98 Å². The van der Waals surface area contributed by atoms with Crippen LogP contribution in [0.25, 0.3) is 0 Å². The number of hydrogen-bond donors (Lipinski definition) is 2. The molecule has 0 atom stereocenters. The van der Waals surface area contributed by atoms with E-state index in [1.54, 1.807) is 6.20 Å². The molecule has 0 aliphatic heterocycles. The maximum Gasteiger partial charge on any atom is 0.490 e. The lowest BCUT2D eigenvalue weighted by atomic mass is 10.4. The van der Waals surface area contributed by atoms with Gasteiger partial charge in [0.2, 0.25) is 0 Å². The molecular formula is C8H9F3N2O2. The average Bonchev–Trinajstić information content (AvgIpc) is 2.09. The van der Waals surface area contributed by atoms with Crippen LogP contribution in [0.3, 0.4) is 0 Å². The second-order valence-corrected chi connectivity index (χ2v) is 2.54. The Morgan fingerprint density at radius 3 is 2.13 bits per heavy atom. The van der Waals surface area contributed by atoms with E-state index in [2.05, 4.69) is 4.98 Å². The van der Waals surface area contributed by atoms with E-state index in [1.165, 1.54) is 0 Å². The summed E-state index contributed by atoms with van der Waals surface area (Å²) in [5, 5.41) is 7.12. The molecule has 0 spiro atoms. The number of carbonyl (C=O) groups is 1. The SMILES string of the molecule is Cc1ccc(N)cn1.O=C(O)C(F)(F)F. The Morgan fingerprint density at radius 2 is 1.93 bits per heavy atom. The highest BCUT2D eigenvalue weighted by atomic mass is 19.4. The van der Waals surface area contributed by atoms with Crippen LogP contribution in [-0.4, -0.2) is 22.2 Å². The van der Waals surface area contributed by atoms with E-state index in [9.17, 15) is 13.2 Å². The van der Waals surface area contributed by atoms with Crippen molar-refractivity contribution in [3.8, 4) is 0 Å². The Labute approximate surface area is 83.5 Å². The van der Waals surface area contributed by atoms with Crippen molar-refractivity contribution in [2.75, 3.05) is 5.73 Å². The number of pyridine rings is 1. The average molecular weight is 222 g/mol. The fraction of sp³-hybridized carbons (Fsp3) is 0.250. The predicted octanol–water partition coefficient (Wildman–Crippen LogP) is 1.61. The summed E-state index contributed by atoms with van der Waals surface area (Å²) < 4.78 is 31.7. The largest absolute Gasteiger partial charge is 0.490 e. The molecule has 3 N–H and O–H groups in total. The van der Waals surface area contributed by atoms with Crippen LogP contribution in [0.4, 0.5) is 18.9 Å². The minimum absolute atomic E-state index is 0.718. The van der Waals surface area contributed by atoms with Crippen LogP contribution in [0.5, 0.6) is 0 Å². The molecule has 0 radical (unpaired) electrons. The molecule has 84 valence electrons. The highest BCUT2D eigenvalue weighted by Crippen LogP contribution is 2.13. The van der Waals surface area contributed by atoms with Crippen LogP contribution < -0.4 is 5.73 Å². The van der Waals surface area contributed by atoms with Crippen LogP contribution in [0.1, 0.15) is 5.69 Å². The van der Waals surface area contributed by atoms with Crippen molar-refractivity contribution < 1.29 is 23.1 Å². The Morgan fingerprint density at radius 1 is 1.47 bits per heavy atom. The fourth-order valence-corrected chi connectivity index (χ4v) is 0.479. The Bertz CT molecular complexity index is 301. The lowest BCUT2D eigenvalue weighted by Crippen LogP contribution is -2.21. The van der Waals surface area contributed by atoms with Gasteiger partial charge in [0.05, 0.1) is 11.9 Å². The normalized spacial score (nSPS) is 10.1. The Balaban J connectivity index is 0.000000265. The number of rotatable bonds is 0. The predicted molar refractivity (Wildman–Crippen MR) is 47.1 cm³/mol. The molecule has 1 aromatic heterocycles. The molecular weight excluding hydrogens is 213 g/mol. The molecule has 0 saturated carbocycles. The molecule has 0 bridgehead atoms. The standard InChI is InChI=1S/C6H8N2.C2HF3O2/c1-5-2-3-6(7)4-8-5;3-2(4,5)1(6)7/h2-4H,7H2,1H3;(H,6,7). The number of nitrogen functional groups attached to an aromatic ring is 1. The number of alkyl halides is 3. The van der Waals surface area contributed by atoms with Gasteiger partial charge in [0.25, 0.3) is 0 Å². The number of aromatic nitrogens is 1. The number of aryl methyl sites for hydroxylation is 1. The zero-order valence-electron chi connectivity index (χ0n) is 7.75. The number of halogens is 3. The molecule has 0 aliphatic carbocycles. The lowest BCUT2D eigenvalue weighted by Gasteiger charge is -1.93. The minimum Gasteiger partial charge on any atom is -0.475 e. The summed E-state index contributed by atoms with van der Waals surface area (Å²) in [5.41, 5.74) is 7.08. The van der Waals surface area contributed by atoms with Crippen LogP contribution in [0, 0.1) is 6.92 Å². The molecule has 0 fully saturated rings. The van der Waals surface area contributed by atoms with E-state index < -0.39 is 12.1 Å². The van der Waals surface area contributed by atoms with Crippen LogP contribution in [-0.2, 0) is 4.79 Å². The van der Waals surface area contributed by atoms with Gasteiger partial charge in [-0.15, -0.1) is 0 Å². The monoisotopic (exact) mass is 222 g/mol. The van der Waals surface area contributed by atoms with Gasteiger partial charge in [-0.25, -0.2) is 4.79 Å². The van der Waals surface area contributed by atoms with E-state index in [4.69, 9.17) is 15.6 Å². The van der Waals surface area contributed by atoms with Crippen molar-refractivity contribution in [3.05, 3.63) is 24.0 Å². The van der Waals surface area contributed by atoms with Gasteiger partial charge in [-0.05, 0) is 19.1 Å². The van der Waals surface area contributed by atoms with Gasteiger partial charge in [-0.2, -0.15) is 13.2 Å². The van der Waals surface area contributed by atoms with Gasteiger partial charge in [-0.1, -0.05) is 0 Å². The molecule has 0 saturated heterocycles. The summed E-state index contributed by atoms with van der Waals surface area (Å²) in [5.74, 6) is -2.76. The third-order valence-corrected chi connectivity index (χ3v) is 1.18. The maximum absolute atomic E-state index is 10.6. The highest BCUT2D eigenvalue weighted by molar-refractivity contribution is 5.73. The number of carboxylic acids is 1. The lowest BCUT2D eigenvalue weighted by molar-refractivity contribution is -0.192. The van der Waals surface area contributed by atoms with Crippen molar-refractivity contribution in [1.29, 1.82) is 0 Å². The summed E-state index contributed by atoms with van der Waals surface area (Å²) in [6.07, 6.45) is -3.44. The molecule has 0 amide bonds. The van der Waals surface area contributed by atoms with Gasteiger partial charge >= 0.3 is 12.1 Å². The number of aliphatic carboxylic acids is 1. The van der Waals surface area contributed by atoms with Crippen LogP contribution in [0.2, 0.25) is 0 Å². The number of anilines is 1. The summed E-state index contributed by atoms with van der Waals surface area (Å²) in [7, 11) is 0. The van der Waals surface area contributed by atoms with Gasteiger partial charge in [0.15, 0.2) is 0 Å². The number of hydrogen-bond acceptors (Lipinski definition) is 3. The first-order valence-corrected chi connectivity index (χ1v) is 3.71. The van der Waals surface area contributed by atoms with E-state index in [1.807, 2.05) is 19.1 Å². The molecule has 0 aliphatic rings. The fourth-order valence-electron chi connectivity index (χ4n) is 0.479. The van der Waals surface area contributed by atoms with Crippen molar-refractivity contribution in [2.45, 2.75) is 13.1 Å². The number of nitrogens with two attached hydrogens (primary N) is 1. The second kappa shape index (κ2) is 5.18. The number of carboxylic acid groups (broad SMARTS) is 1. The molecule has 7 heteroatoms. The van der Waals surface area contributed by atoms with Crippen LogP contribution in [0.15, 0.2) is 18.3 Å². The van der Waals surface area contributed by atoms with Crippen molar-refractivity contribution in [2.24, 2.45) is 0 Å². The first kappa shape index (κ1) is 13.2. The van der Waals surface area contributed by atoms with Gasteiger partial charge < -0.3 is 10.8 Å². The molecule has 1 heterocycles. The molecule has 0 unspecified atom stereocenters. The molecule has 1 aromatic rings. The third-order valence-electron chi connectivity index (χ3n) is 1.18. The van der Waals surface area contributed by atoms with Gasteiger partial charge in [0.1, 0.15) is 0 Å². The Kier molecular flexibility index (Phi) is 4.56.